The predicted molar refractivity (Wildman–Crippen MR) is 156 cm³/mol. The molecule has 1 atom stereocenters. The lowest BCUT2D eigenvalue weighted by Crippen LogP contribution is -2.52. The zero-order valence-electron chi connectivity index (χ0n) is 23.4. The van der Waals surface area contributed by atoms with Gasteiger partial charge in [-0.25, -0.2) is 8.42 Å². The maximum Gasteiger partial charge on any atom is 0.264 e. The van der Waals surface area contributed by atoms with Crippen LogP contribution in [-0.2, 0) is 26.0 Å². The molecule has 3 rings (SSSR count). The minimum absolute atomic E-state index is 0.0986. The van der Waals surface area contributed by atoms with Crippen molar-refractivity contribution >= 4 is 27.5 Å². The molecule has 208 valence electrons. The van der Waals surface area contributed by atoms with Gasteiger partial charge in [0.15, 0.2) is 0 Å². The highest BCUT2D eigenvalue weighted by Gasteiger charge is 2.32. The summed E-state index contributed by atoms with van der Waals surface area (Å²) < 4.78 is 28.9. The van der Waals surface area contributed by atoms with Gasteiger partial charge in [0.2, 0.25) is 11.8 Å². The number of carbonyl (C=O) groups is 2. The Bertz CT molecular complexity index is 1340. The maximum absolute atomic E-state index is 13.9. The van der Waals surface area contributed by atoms with Crippen LogP contribution in [0.3, 0.4) is 0 Å². The SMILES string of the molecule is CCNC(=O)C(C)N(CCc1ccccc1)C(=O)CN(c1ccc(C(C)C)cc1)S(=O)(=O)c1ccc(C)cc1. The summed E-state index contributed by atoms with van der Waals surface area (Å²) in [7, 11) is -4.07. The van der Waals surface area contributed by atoms with E-state index in [9.17, 15) is 18.0 Å². The summed E-state index contributed by atoms with van der Waals surface area (Å²) in [5.41, 5.74) is 3.40. The number of nitrogens with one attached hydrogen (secondary N) is 1. The molecule has 0 aliphatic heterocycles. The lowest BCUT2D eigenvalue weighted by atomic mass is 10.0. The first-order chi connectivity index (χ1) is 18.5. The Morgan fingerprint density at radius 3 is 2.05 bits per heavy atom. The average molecular weight is 550 g/mol. The number of anilines is 1. The van der Waals surface area contributed by atoms with Gasteiger partial charge in [-0.05, 0) is 68.5 Å². The number of rotatable bonds is 12. The molecule has 0 saturated heterocycles. The molecule has 3 aromatic rings. The molecule has 1 N–H and O–H groups in total. The summed E-state index contributed by atoms with van der Waals surface area (Å²) in [6.45, 7) is 9.76. The van der Waals surface area contributed by atoms with Crippen molar-refractivity contribution in [3.8, 4) is 0 Å². The molecule has 0 fully saturated rings. The van der Waals surface area contributed by atoms with E-state index < -0.39 is 28.5 Å². The van der Waals surface area contributed by atoms with Crippen LogP contribution in [0.15, 0.2) is 83.8 Å². The maximum atomic E-state index is 13.9. The van der Waals surface area contributed by atoms with Crippen molar-refractivity contribution < 1.29 is 18.0 Å². The van der Waals surface area contributed by atoms with E-state index in [1.807, 2.05) is 56.3 Å². The highest BCUT2D eigenvalue weighted by molar-refractivity contribution is 7.92. The van der Waals surface area contributed by atoms with Crippen LogP contribution in [0.5, 0.6) is 0 Å². The molecule has 39 heavy (non-hydrogen) atoms. The van der Waals surface area contributed by atoms with Gasteiger partial charge in [0.05, 0.1) is 10.6 Å². The Morgan fingerprint density at radius 2 is 1.49 bits per heavy atom. The minimum atomic E-state index is -4.07. The second-order valence-electron chi connectivity index (χ2n) is 9.96. The van der Waals surface area contributed by atoms with Gasteiger partial charge >= 0.3 is 0 Å². The van der Waals surface area contributed by atoms with Gasteiger partial charge in [-0.3, -0.25) is 13.9 Å². The molecule has 0 heterocycles. The van der Waals surface area contributed by atoms with Crippen LogP contribution in [0, 0.1) is 6.92 Å². The minimum Gasteiger partial charge on any atom is -0.355 e. The normalized spacial score (nSPS) is 12.2. The zero-order chi connectivity index (χ0) is 28.6. The van der Waals surface area contributed by atoms with Gasteiger partial charge < -0.3 is 10.2 Å². The number of hydrogen-bond donors (Lipinski definition) is 1. The standard InChI is InChI=1S/C31H39N3O4S/c1-6-32-31(36)25(5)33(21-20-26-10-8-7-9-11-26)30(35)22-34(28-16-14-27(15-17-28)23(2)3)39(37,38)29-18-12-24(4)13-19-29/h7-19,23,25H,6,20-22H2,1-5H3,(H,32,36). The second kappa shape index (κ2) is 13.4. The molecule has 2 amide bonds. The summed E-state index contributed by atoms with van der Waals surface area (Å²) in [4.78, 5) is 28.2. The molecule has 0 aromatic heterocycles. The summed E-state index contributed by atoms with van der Waals surface area (Å²) in [5, 5.41) is 2.78. The van der Waals surface area contributed by atoms with Crippen molar-refractivity contribution in [1.29, 1.82) is 0 Å². The van der Waals surface area contributed by atoms with E-state index in [4.69, 9.17) is 0 Å². The Kier molecular flexibility index (Phi) is 10.3. The van der Waals surface area contributed by atoms with E-state index >= 15 is 0 Å². The molecular weight excluding hydrogens is 510 g/mol. The number of likely N-dealkylation sites (N-methyl/N-ethyl adjacent to an activating group) is 1. The molecule has 7 nitrogen and oxygen atoms in total. The van der Waals surface area contributed by atoms with E-state index in [0.29, 0.717) is 18.7 Å². The van der Waals surface area contributed by atoms with Gasteiger partial charge in [-0.2, -0.15) is 0 Å². The van der Waals surface area contributed by atoms with Crippen LogP contribution in [0.2, 0.25) is 0 Å². The van der Waals surface area contributed by atoms with Gasteiger partial charge in [-0.1, -0.05) is 74.0 Å². The van der Waals surface area contributed by atoms with Gasteiger partial charge in [0.25, 0.3) is 10.0 Å². The Labute approximate surface area is 232 Å². The monoisotopic (exact) mass is 549 g/mol. The summed E-state index contributed by atoms with van der Waals surface area (Å²) in [5.74, 6) is -0.462. The average Bonchev–Trinajstić information content (AvgIpc) is 2.92. The van der Waals surface area contributed by atoms with Crippen LogP contribution in [0.4, 0.5) is 5.69 Å². The summed E-state index contributed by atoms with van der Waals surface area (Å²) in [6.07, 6.45) is 0.532. The number of nitrogens with zero attached hydrogens (tertiary/aromatic N) is 2. The molecule has 0 saturated carbocycles. The first-order valence-electron chi connectivity index (χ1n) is 13.3. The molecular formula is C31H39N3O4S. The lowest BCUT2D eigenvalue weighted by molar-refractivity contribution is -0.138. The first kappa shape index (κ1) is 29.9. The van der Waals surface area contributed by atoms with E-state index in [0.717, 1.165) is 21.0 Å². The van der Waals surface area contributed by atoms with Crippen molar-refractivity contribution in [2.24, 2.45) is 0 Å². The molecule has 0 aliphatic carbocycles. The first-order valence-corrected chi connectivity index (χ1v) is 14.8. The van der Waals surface area contributed by atoms with Crippen LogP contribution < -0.4 is 9.62 Å². The molecule has 3 aromatic carbocycles. The van der Waals surface area contributed by atoms with Crippen LogP contribution >= 0.6 is 0 Å². The number of hydrogen-bond acceptors (Lipinski definition) is 4. The van der Waals surface area contributed by atoms with E-state index in [1.165, 1.54) is 4.90 Å². The van der Waals surface area contributed by atoms with Crippen LogP contribution in [0.25, 0.3) is 0 Å². The summed E-state index contributed by atoms with van der Waals surface area (Å²) >= 11 is 0. The predicted octanol–water partition coefficient (Wildman–Crippen LogP) is 4.91. The third-order valence-corrected chi connectivity index (χ3v) is 8.53. The lowest BCUT2D eigenvalue weighted by Gasteiger charge is -2.32. The Hall–Kier alpha value is -3.65. The fourth-order valence-corrected chi connectivity index (χ4v) is 5.70. The molecule has 0 aliphatic rings. The highest BCUT2D eigenvalue weighted by Crippen LogP contribution is 2.26. The largest absolute Gasteiger partial charge is 0.355 e. The van der Waals surface area contributed by atoms with Crippen molar-refractivity contribution in [3.63, 3.8) is 0 Å². The van der Waals surface area contributed by atoms with Gasteiger partial charge in [0.1, 0.15) is 12.6 Å². The van der Waals surface area contributed by atoms with E-state index in [-0.39, 0.29) is 23.3 Å². The molecule has 0 radical (unpaired) electrons. The third kappa shape index (κ3) is 7.69. The number of benzene rings is 3. The Morgan fingerprint density at radius 1 is 0.872 bits per heavy atom. The van der Waals surface area contributed by atoms with Gasteiger partial charge in [0, 0.05) is 13.1 Å². The number of carbonyl (C=O) groups excluding carboxylic acids is 2. The molecule has 0 bridgehead atoms. The molecule has 1 unspecified atom stereocenters. The van der Waals surface area contributed by atoms with Crippen molar-refractivity contribution in [1.82, 2.24) is 10.2 Å². The second-order valence-corrected chi connectivity index (χ2v) is 11.8. The smallest absolute Gasteiger partial charge is 0.264 e. The number of sulfonamides is 1. The highest BCUT2D eigenvalue weighted by atomic mass is 32.2. The van der Waals surface area contributed by atoms with E-state index in [1.54, 1.807) is 43.3 Å². The fraction of sp³-hybridized carbons (Fsp3) is 0.355. The van der Waals surface area contributed by atoms with Crippen molar-refractivity contribution in [2.45, 2.75) is 57.9 Å². The van der Waals surface area contributed by atoms with E-state index in [2.05, 4.69) is 19.2 Å². The topological polar surface area (TPSA) is 86.8 Å². The number of aryl methyl sites for hydroxylation is 1. The number of amides is 2. The van der Waals surface area contributed by atoms with Crippen molar-refractivity contribution in [2.75, 3.05) is 23.9 Å². The fourth-order valence-electron chi connectivity index (χ4n) is 4.28. The molecule has 0 spiro atoms. The van der Waals surface area contributed by atoms with Crippen LogP contribution in [0.1, 0.15) is 50.3 Å². The Balaban J connectivity index is 1.99. The molecule has 8 heteroatoms. The van der Waals surface area contributed by atoms with Crippen molar-refractivity contribution in [3.05, 3.63) is 95.6 Å². The summed E-state index contributed by atoms with van der Waals surface area (Å²) in [6, 6.07) is 22.7. The third-order valence-electron chi connectivity index (χ3n) is 6.74. The zero-order valence-corrected chi connectivity index (χ0v) is 24.2. The quantitative estimate of drug-likeness (QED) is 0.348. The van der Waals surface area contributed by atoms with Crippen LogP contribution in [-0.4, -0.2) is 50.8 Å². The van der Waals surface area contributed by atoms with Gasteiger partial charge in [-0.15, -0.1) is 0 Å².